The Bertz CT molecular complexity index is 936. The molecule has 2 atom stereocenters. The third-order valence-corrected chi connectivity index (χ3v) is 6.13. The summed E-state index contributed by atoms with van der Waals surface area (Å²) in [7, 11) is 6.58. The number of fused-ring (bicyclic) bond motifs is 5. The van der Waals surface area contributed by atoms with Crippen LogP contribution >= 0.6 is 0 Å². The van der Waals surface area contributed by atoms with Crippen LogP contribution in [0.15, 0.2) is 12.1 Å². The lowest BCUT2D eigenvalue weighted by atomic mass is 9.77. The Hall–Kier alpha value is -2.76. The summed E-state index contributed by atoms with van der Waals surface area (Å²) in [6.45, 7) is 4.74. The molecule has 0 amide bonds. The molecule has 29 heavy (non-hydrogen) atoms. The van der Waals surface area contributed by atoms with Gasteiger partial charge in [-0.15, -0.1) is 0 Å². The third-order valence-electron chi connectivity index (χ3n) is 6.13. The average molecular weight is 400 g/mol. The Morgan fingerprint density at radius 1 is 0.690 bits per heavy atom. The zero-order chi connectivity index (χ0) is 20.7. The van der Waals surface area contributed by atoms with E-state index in [1.54, 1.807) is 28.4 Å². The lowest BCUT2D eigenvalue weighted by molar-refractivity contribution is 0.171. The van der Waals surface area contributed by atoms with Crippen LogP contribution in [0.25, 0.3) is 11.1 Å². The van der Waals surface area contributed by atoms with Gasteiger partial charge in [-0.2, -0.15) is 0 Å². The summed E-state index contributed by atoms with van der Waals surface area (Å²) in [6, 6.07) is 4.12. The second-order valence-corrected chi connectivity index (χ2v) is 7.72. The third kappa shape index (κ3) is 3.02. The fourth-order valence-electron chi connectivity index (χ4n) is 4.41. The molecule has 2 aromatic carbocycles. The van der Waals surface area contributed by atoms with E-state index in [-0.39, 0.29) is 6.79 Å². The first-order valence-electron chi connectivity index (χ1n) is 9.85. The summed E-state index contributed by atoms with van der Waals surface area (Å²) < 4.78 is 34.5. The maximum atomic E-state index is 5.95. The molecule has 1 heterocycles. The predicted molar refractivity (Wildman–Crippen MR) is 110 cm³/mol. The van der Waals surface area contributed by atoms with Crippen LogP contribution in [-0.4, -0.2) is 35.2 Å². The minimum absolute atomic E-state index is 0.166. The molecule has 0 bridgehead atoms. The average Bonchev–Trinajstić information content (AvgIpc) is 3.21. The van der Waals surface area contributed by atoms with Crippen LogP contribution in [-0.2, 0) is 12.8 Å². The molecule has 6 nitrogen and oxygen atoms in total. The van der Waals surface area contributed by atoms with Gasteiger partial charge in [-0.25, -0.2) is 0 Å². The molecule has 6 heteroatoms. The number of rotatable bonds is 4. The fourth-order valence-corrected chi connectivity index (χ4v) is 4.41. The van der Waals surface area contributed by atoms with E-state index >= 15 is 0 Å². The normalized spacial score (nSPS) is 19.5. The summed E-state index contributed by atoms with van der Waals surface area (Å²) in [5.74, 6) is 4.86. The standard InChI is InChI=1S/C23H28O6/c1-12-7-14-9-16(24-3)20(26-5)22(27-6)18(14)19-15(8-13(12)2)10-17(25-4)21-23(19)29-11-28-21/h9-10,12-13H,7-8,11H2,1-6H3. The van der Waals surface area contributed by atoms with E-state index < -0.39 is 0 Å². The first-order chi connectivity index (χ1) is 14.0. The van der Waals surface area contributed by atoms with Gasteiger partial charge in [0.25, 0.3) is 0 Å². The van der Waals surface area contributed by atoms with Crippen molar-refractivity contribution < 1.29 is 28.4 Å². The number of benzene rings is 2. The highest BCUT2D eigenvalue weighted by atomic mass is 16.7. The minimum Gasteiger partial charge on any atom is -0.493 e. The maximum absolute atomic E-state index is 5.95. The number of hydrogen-bond donors (Lipinski definition) is 0. The summed E-state index contributed by atoms with van der Waals surface area (Å²) in [5, 5.41) is 0. The quantitative estimate of drug-likeness (QED) is 0.754. The largest absolute Gasteiger partial charge is 0.493 e. The van der Waals surface area contributed by atoms with Gasteiger partial charge in [-0.05, 0) is 47.9 Å². The molecule has 0 fully saturated rings. The van der Waals surface area contributed by atoms with Crippen LogP contribution in [0, 0.1) is 11.8 Å². The first-order valence-corrected chi connectivity index (χ1v) is 9.85. The monoisotopic (exact) mass is 400 g/mol. The fraction of sp³-hybridized carbons (Fsp3) is 0.478. The van der Waals surface area contributed by atoms with E-state index in [9.17, 15) is 0 Å². The van der Waals surface area contributed by atoms with Crippen LogP contribution < -0.4 is 28.4 Å². The van der Waals surface area contributed by atoms with E-state index in [1.807, 2.05) is 0 Å². The van der Waals surface area contributed by atoms with Crippen molar-refractivity contribution in [2.45, 2.75) is 26.7 Å². The van der Waals surface area contributed by atoms with Crippen LogP contribution in [0.1, 0.15) is 25.0 Å². The SMILES string of the molecule is COc1cc2c(c(OC)c1OC)-c1c(cc(OC)c3c1OCO3)CC(C)C(C)C2. The number of ether oxygens (including phenoxy) is 6. The molecule has 0 N–H and O–H groups in total. The topological polar surface area (TPSA) is 55.4 Å². The zero-order valence-corrected chi connectivity index (χ0v) is 17.9. The molecule has 156 valence electrons. The van der Waals surface area contributed by atoms with Gasteiger partial charge in [-0.3, -0.25) is 0 Å². The molecular formula is C23H28O6. The molecule has 2 unspecified atom stereocenters. The van der Waals surface area contributed by atoms with Gasteiger partial charge in [-0.1, -0.05) is 13.8 Å². The van der Waals surface area contributed by atoms with Crippen LogP contribution in [0.2, 0.25) is 0 Å². The Kier molecular flexibility index (Phi) is 5.11. The van der Waals surface area contributed by atoms with Crippen molar-refractivity contribution in [2.75, 3.05) is 35.2 Å². The predicted octanol–water partition coefficient (Wildman–Crippen LogP) is 4.49. The smallest absolute Gasteiger partial charge is 0.231 e. The number of hydrogen-bond acceptors (Lipinski definition) is 6. The van der Waals surface area contributed by atoms with Crippen molar-refractivity contribution in [1.82, 2.24) is 0 Å². The first kappa shape index (κ1) is 19.6. The lowest BCUT2D eigenvalue weighted by Gasteiger charge is -2.29. The molecular weight excluding hydrogens is 372 g/mol. The molecule has 0 aromatic heterocycles. The van der Waals surface area contributed by atoms with Gasteiger partial charge in [0, 0.05) is 11.1 Å². The van der Waals surface area contributed by atoms with Crippen LogP contribution in [0.3, 0.4) is 0 Å². The van der Waals surface area contributed by atoms with Gasteiger partial charge in [0.2, 0.25) is 18.3 Å². The highest BCUT2D eigenvalue weighted by molar-refractivity contribution is 5.88. The Morgan fingerprint density at radius 3 is 1.83 bits per heavy atom. The zero-order valence-electron chi connectivity index (χ0n) is 17.9. The molecule has 0 saturated carbocycles. The van der Waals surface area contributed by atoms with Crippen molar-refractivity contribution >= 4 is 0 Å². The van der Waals surface area contributed by atoms with Gasteiger partial charge >= 0.3 is 0 Å². The van der Waals surface area contributed by atoms with Gasteiger partial charge in [0.05, 0.1) is 28.4 Å². The molecule has 2 aliphatic rings. The van der Waals surface area contributed by atoms with Crippen molar-refractivity contribution in [2.24, 2.45) is 11.8 Å². The highest BCUT2D eigenvalue weighted by Gasteiger charge is 2.34. The Balaban J connectivity index is 2.11. The lowest BCUT2D eigenvalue weighted by Crippen LogP contribution is -2.18. The number of methoxy groups -OCH3 is 4. The summed E-state index contributed by atoms with van der Waals surface area (Å²) in [5.41, 5.74) is 4.26. The van der Waals surface area contributed by atoms with E-state index in [1.165, 1.54) is 0 Å². The molecule has 0 spiro atoms. The molecule has 0 saturated heterocycles. The van der Waals surface area contributed by atoms with Crippen molar-refractivity contribution in [3.8, 4) is 45.6 Å². The van der Waals surface area contributed by atoms with E-state index in [0.717, 1.165) is 35.1 Å². The Morgan fingerprint density at radius 2 is 1.24 bits per heavy atom. The second-order valence-electron chi connectivity index (χ2n) is 7.72. The highest BCUT2D eigenvalue weighted by Crippen LogP contribution is 2.56. The van der Waals surface area contributed by atoms with E-state index in [2.05, 4.69) is 26.0 Å². The summed E-state index contributed by atoms with van der Waals surface area (Å²) >= 11 is 0. The molecule has 1 aliphatic carbocycles. The minimum atomic E-state index is 0.166. The molecule has 2 aromatic rings. The van der Waals surface area contributed by atoms with Gasteiger partial charge in [0.1, 0.15) is 0 Å². The van der Waals surface area contributed by atoms with Crippen LogP contribution in [0.5, 0.6) is 34.5 Å². The van der Waals surface area contributed by atoms with Crippen molar-refractivity contribution in [1.29, 1.82) is 0 Å². The Labute approximate surface area is 171 Å². The van der Waals surface area contributed by atoms with Gasteiger partial charge in [0.15, 0.2) is 23.0 Å². The van der Waals surface area contributed by atoms with Crippen molar-refractivity contribution in [3.05, 3.63) is 23.3 Å². The van der Waals surface area contributed by atoms with Crippen molar-refractivity contribution in [3.63, 3.8) is 0 Å². The second kappa shape index (κ2) is 7.58. The summed E-state index contributed by atoms with van der Waals surface area (Å²) in [4.78, 5) is 0. The molecule has 0 radical (unpaired) electrons. The summed E-state index contributed by atoms with van der Waals surface area (Å²) in [6.07, 6.45) is 1.80. The van der Waals surface area contributed by atoms with E-state index in [0.29, 0.717) is 46.3 Å². The van der Waals surface area contributed by atoms with Gasteiger partial charge < -0.3 is 28.4 Å². The molecule has 1 aliphatic heterocycles. The van der Waals surface area contributed by atoms with E-state index in [4.69, 9.17) is 28.4 Å². The molecule has 4 rings (SSSR count). The maximum Gasteiger partial charge on any atom is 0.231 e. The van der Waals surface area contributed by atoms with Crippen LogP contribution in [0.4, 0.5) is 0 Å².